The second kappa shape index (κ2) is 7.50. The van der Waals surface area contributed by atoms with Crippen LogP contribution in [0.5, 0.6) is 0 Å². The Morgan fingerprint density at radius 1 is 1.19 bits per heavy atom. The number of hydrogen-bond donors (Lipinski definition) is 0. The van der Waals surface area contributed by atoms with E-state index in [2.05, 4.69) is 25.8 Å². The van der Waals surface area contributed by atoms with Crippen molar-refractivity contribution in [1.82, 2.24) is 24.6 Å². The van der Waals surface area contributed by atoms with Crippen LogP contribution in [0.4, 0.5) is 0 Å². The van der Waals surface area contributed by atoms with Crippen LogP contribution in [0.3, 0.4) is 0 Å². The number of piperidine rings is 1. The molecule has 0 spiro atoms. The third-order valence-corrected chi connectivity index (χ3v) is 5.39. The first kappa shape index (κ1) is 17.7. The molecule has 1 amide bonds. The first-order valence-corrected chi connectivity index (χ1v) is 9.59. The van der Waals surface area contributed by atoms with Gasteiger partial charge in [0.15, 0.2) is 5.82 Å². The number of para-hydroxylation sites is 2. The summed E-state index contributed by atoms with van der Waals surface area (Å²) in [4.78, 5) is 23.5. The van der Waals surface area contributed by atoms with Gasteiger partial charge in [-0.3, -0.25) is 4.79 Å². The number of likely N-dealkylation sites (tertiary alicyclic amines) is 1. The minimum atomic E-state index is 0.222. The fourth-order valence-electron chi connectivity index (χ4n) is 3.90. The molecule has 1 aliphatic heterocycles. The van der Waals surface area contributed by atoms with Gasteiger partial charge < -0.3 is 14.0 Å². The van der Waals surface area contributed by atoms with Gasteiger partial charge in [0.1, 0.15) is 5.82 Å². The van der Waals surface area contributed by atoms with E-state index in [1.807, 2.05) is 36.9 Å². The lowest BCUT2D eigenvalue weighted by molar-refractivity contribution is -0.132. The lowest BCUT2D eigenvalue weighted by Gasteiger charge is -2.31. The standard InChI is InChI=1S/C20H25N5O2/c1-14-21-19(27-23-14)13-16-7-10-24(11-8-16)20(26)9-12-25-15(2)22-17-5-3-4-6-18(17)25/h3-6,16H,7-13H2,1-2H3. The zero-order valence-corrected chi connectivity index (χ0v) is 15.9. The third kappa shape index (κ3) is 3.86. The average Bonchev–Trinajstić information content (AvgIpc) is 3.22. The van der Waals surface area contributed by atoms with Crippen molar-refractivity contribution >= 4 is 16.9 Å². The minimum absolute atomic E-state index is 0.222. The van der Waals surface area contributed by atoms with Crippen molar-refractivity contribution in [3.63, 3.8) is 0 Å². The van der Waals surface area contributed by atoms with Gasteiger partial charge in [0.2, 0.25) is 11.8 Å². The van der Waals surface area contributed by atoms with E-state index in [4.69, 9.17) is 4.52 Å². The van der Waals surface area contributed by atoms with Crippen LogP contribution in [-0.2, 0) is 17.8 Å². The molecule has 1 fully saturated rings. The van der Waals surface area contributed by atoms with Crippen molar-refractivity contribution in [2.24, 2.45) is 5.92 Å². The Morgan fingerprint density at radius 2 is 1.96 bits per heavy atom. The SMILES string of the molecule is Cc1noc(CC2CCN(C(=O)CCn3c(C)nc4ccccc43)CC2)n1. The average molecular weight is 367 g/mol. The maximum absolute atomic E-state index is 12.7. The molecule has 1 aromatic carbocycles. The van der Waals surface area contributed by atoms with Gasteiger partial charge in [-0.2, -0.15) is 4.98 Å². The van der Waals surface area contributed by atoms with E-state index < -0.39 is 0 Å². The van der Waals surface area contributed by atoms with Crippen molar-refractivity contribution in [3.05, 3.63) is 41.8 Å². The number of aromatic nitrogens is 4. The molecule has 7 heteroatoms. The molecule has 0 aliphatic carbocycles. The summed E-state index contributed by atoms with van der Waals surface area (Å²) in [5.74, 6) is 3.07. The molecule has 0 saturated carbocycles. The topological polar surface area (TPSA) is 77.0 Å². The highest BCUT2D eigenvalue weighted by molar-refractivity contribution is 5.78. The van der Waals surface area contributed by atoms with Crippen LogP contribution in [-0.4, -0.2) is 43.6 Å². The fraction of sp³-hybridized carbons (Fsp3) is 0.500. The molecular weight excluding hydrogens is 342 g/mol. The number of rotatable bonds is 5. The smallest absolute Gasteiger partial charge is 0.226 e. The number of amides is 1. The van der Waals surface area contributed by atoms with E-state index in [0.717, 1.165) is 49.2 Å². The Hall–Kier alpha value is -2.70. The fourth-order valence-corrected chi connectivity index (χ4v) is 3.90. The van der Waals surface area contributed by atoms with E-state index >= 15 is 0 Å². The monoisotopic (exact) mass is 367 g/mol. The first-order valence-electron chi connectivity index (χ1n) is 9.59. The van der Waals surface area contributed by atoms with Crippen LogP contribution in [0, 0.1) is 19.8 Å². The number of fused-ring (bicyclic) bond motifs is 1. The van der Waals surface area contributed by atoms with Crippen LogP contribution in [0.1, 0.15) is 36.8 Å². The van der Waals surface area contributed by atoms with Gasteiger partial charge in [-0.15, -0.1) is 0 Å². The normalized spacial score (nSPS) is 15.6. The van der Waals surface area contributed by atoms with Gasteiger partial charge in [0, 0.05) is 32.5 Å². The van der Waals surface area contributed by atoms with Gasteiger partial charge in [0.25, 0.3) is 0 Å². The lowest BCUT2D eigenvalue weighted by Crippen LogP contribution is -2.39. The number of nitrogens with zero attached hydrogens (tertiary/aromatic N) is 5. The highest BCUT2D eigenvalue weighted by atomic mass is 16.5. The molecule has 0 radical (unpaired) electrons. The van der Waals surface area contributed by atoms with Gasteiger partial charge in [-0.1, -0.05) is 17.3 Å². The molecule has 0 bridgehead atoms. The number of aryl methyl sites for hydroxylation is 3. The number of hydrogen-bond acceptors (Lipinski definition) is 5. The van der Waals surface area contributed by atoms with Crippen molar-refractivity contribution in [1.29, 1.82) is 0 Å². The van der Waals surface area contributed by atoms with E-state index in [1.165, 1.54) is 0 Å². The summed E-state index contributed by atoms with van der Waals surface area (Å²) in [5.41, 5.74) is 2.08. The maximum Gasteiger partial charge on any atom is 0.226 e. The molecule has 3 heterocycles. The number of benzene rings is 1. The minimum Gasteiger partial charge on any atom is -0.343 e. The Labute approximate surface area is 158 Å². The number of carbonyl (C=O) groups excluding carboxylic acids is 1. The van der Waals surface area contributed by atoms with Crippen molar-refractivity contribution in [2.75, 3.05) is 13.1 Å². The molecule has 0 unspecified atom stereocenters. The molecule has 1 aliphatic rings. The van der Waals surface area contributed by atoms with Gasteiger partial charge in [-0.05, 0) is 44.7 Å². The van der Waals surface area contributed by atoms with Crippen LogP contribution in [0.2, 0.25) is 0 Å². The van der Waals surface area contributed by atoms with E-state index in [-0.39, 0.29) is 5.91 Å². The molecule has 7 nitrogen and oxygen atoms in total. The molecular formula is C20H25N5O2. The second-order valence-corrected chi connectivity index (χ2v) is 7.31. The Kier molecular flexibility index (Phi) is 4.92. The first-order chi connectivity index (χ1) is 13.1. The Balaban J connectivity index is 1.30. The molecule has 27 heavy (non-hydrogen) atoms. The summed E-state index contributed by atoms with van der Waals surface area (Å²) >= 11 is 0. The second-order valence-electron chi connectivity index (χ2n) is 7.31. The Bertz CT molecular complexity index is 937. The molecule has 4 rings (SSSR count). The third-order valence-electron chi connectivity index (χ3n) is 5.39. The largest absolute Gasteiger partial charge is 0.343 e. The van der Waals surface area contributed by atoms with Gasteiger partial charge in [0.05, 0.1) is 11.0 Å². The van der Waals surface area contributed by atoms with Crippen LogP contribution in [0.25, 0.3) is 11.0 Å². The zero-order valence-electron chi connectivity index (χ0n) is 15.9. The summed E-state index contributed by atoms with van der Waals surface area (Å²) in [6.07, 6.45) is 3.29. The molecule has 0 N–H and O–H groups in total. The molecule has 0 atom stereocenters. The molecule has 3 aromatic rings. The highest BCUT2D eigenvalue weighted by Gasteiger charge is 2.24. The number of carbonyl (C=O) groups is 1. The predicted molar refractivity (Wildman–Crippen MR) is 101 cm³/mol. The molecule has 1 saturated heterocycles. The van der Waals surface area contributed by atoms with Gasteiger partial charge >= 0.3 is 0 Å². The maximum atomic E-state index is 12.7. The summed E-state index contributed by atoms with van der Waals surface area (Å²) in [6.45, 7) is 6.11. The summed E-state index contributed by atoms with van der Waals surface area (Å²) < 4.78 is 7.35. The van der Waals surface area contributed by atoms with Crippen molar-refractivity contribution < 1.29 is 9.32 Å². The van der Waals surface area contributed by atoms with Crippen LogP contribution >= 0.6 is 0 Å². The number of imidazole rings is 1. The highest BCUT2D eigenvalue weighted by Crippen LogP contribution is 2.22. The van der Waals surface area contributed by atoms with Crippen molar-refractivity contribution in [3.8, 4) is 0 Å². The predicted octanol–water partition coefficient (Wildman–Crippen LogP) is 2.91. The van der Waals surface area contributed by atoms with E-state index in [1.54, 1.807) is 0 Å². The zero-order chi connectivity index (χ0) is 18.8. The molecule has 142 valence electrons. The summed E-state index contributed by atoms with van der Waals surface area (Å²) in [6, 6.07) is 8.07. The summed E-state index contributed by atoms with van der Waals surface area (Å²) in [5, 5.41) is 3.84. The lowest BCUT2D eigenvalue weighted by atomic mass is 9.93. The van der Waals surface area contributed by atoms with Crippen LogP contribution < -0.4 is 0 Å². The van der Waals surface area contributed by atoms with Crippen molar-refractivity contribution in [2.45, 2.75) is 46.1 Å². The molecule has 2 aromatic heterocycles. The quantitative estimate of drug-likeness (QED) is 0.693. The van der Waals surface area contributed by atoms with Gasteiger partial charge in [-0.25, -0.2) is 4.98 Å². The van der Waals surface area contributed by atoms with Crippen LogP contribution in [0.15, 0.2) is 28.8 Å². The Morgan fingerprint density at radius 3 is 2.70 bits per heavy atom. The summed E-state index contributed by atoms with van der Waals surface area (Å²) in [7, 11) is 0. The van der Waals surface area contributed by atoms with E-state index in [9.17, 15) is 4.79 Å². The van der Waals surface area contributed by atoms with E-state index in [0.29, 0.717) is 30.6 Å².